The number of nitrogens with zero attached hydrogens (tertiary/aromatic N) is 1. The lowest BCUT2D eigenvalue weighted by Crippen LogP contribution is -2.45. The second-order valence-electron chi connectivity index (χ2n) is 5.03. The van der Waals surface area contributed by atoms with E-state index in [0.29, 0.717) is 17.1 Å². The fourth-order valence-electron chi connectivity index (χ4n) is 2.45. The smallest absolute Gasteiger partial charge is 0.256 e. The molecule has 0 saturated heterocycles. The Morgan fingerprint density at radius 1 is 1.50 bits per heavy atom. The topological polar surface area (TPSA) is 52.6 Å². The SMILES string of the molecule is CCNc1ccc(Cl)cc1C(=O)N(CCO)C1CCC1. The molecule has 2 rings (SSSR count). The van der Waals surface area contributed by atoms with Crippen LogP contribution in [0.3, 0.4) is 0 Å². The lowest BCUT2D eigenvalue weighted by atomic mass is 9.91. The number of hydrogen-bond acceptors (Lipinski definition) is 3. The number of carbonyl (C=O) groups is 1. The van der Waals surface area contributed by atoms with E-state index in [9.17, 15) is 9.90 Å². The molecule has 0 bridgehead atoms. The molecular formula is C15H21ClN2O2. The van der Waals surface area contributed by atoms with Crippen molar-refractivity contribution in [2.75, 3.05) is 25.0 Å². The summed E-state index contributed by atoms with van der Waals surface area (Å²) in [5.41, 5.74) is 1.38. The third-order valence-electron chi connectivity index (χ3n) is 3.70. The molecule has 5 heteroatoms. The summed E-state index contributed by atoms with van der Waals surface area (Å²) < 4.78 is 0. The van der Waals surface area contributed by atoms with Crippen LogP contribution in [0.25, 0.3) is 0 Å². The van der Waals surface area contributed by atoms with Gasteiger partial charge in [0.05, 0.1) is 12.2 Å². The van der Waals surface area contributed by atoms with Crippen molar-refractivity contribution < 1.29 is 9.90 Å². The van der Waals surface area contributed by atoms with Crippen LogP contribution >= 0.6 is 11.6 Å². The molecule has 0 radical (unpaired) electrons. The number of halogens is 1. The molecule has 1 aromatic rings. The van der Waals surface area contributed by atoms with Crippen molar-refractivity contribution >= 4 is 23.2 Å². The van der Waals surface area contributed by atoms with E-state index in [1.807, 2.05) is 13.0 Å². The number of hydrogen-bond donors (Lipinski definition) is 2. The summed E-state index contributed by atoms with van der Waals surface area (Å²) in [7, 11) is 0. The predicted molar refractivity (Wildman–Crippen MR) is 81.4 cm³/mol. The summed E-state index contributed by atoms with van der Waals surface area (Å²) in [4.78, 5) is 14.5. The highest BCUT2D eigenvalue weighted by Crippen LogP contribution is 2.28. The Hall–Kier alpha value is -1.26. The van der Waals surface area contributed by atoms with Gasteiger partial charge in [-0.3, -0.25) is 4.79 Å². The van der Waals surface area contributed by atoms with Crippen LogP contribution in [0, 0.1) is 0 Å². The number of anilines is 1. The van der Waals surface area contributed by atoms with E-state index >= 15 is 0 Å². The molecule has 2 N–H and O–H groups in total. The molecule has 20 heavy (non-hydrogen) atoms. The molecule has 1 amide bonds. The van der Waals surface area contributed by atoms with Gasteiger partial charge >= 0.3 is 0 Å². The second-order valence-corrected chi connectivity index (χ2v) is 5.46. The molecule has 110 valence electrons. The average Bonchev–Trinajstić information content (AvgIpc) is 2.38. The zero-order chi connectivity index (χ0) is 14.5. The van der Waals surface area contributed by atoms with Crippen molar-refractivity contribution in [2.45, 2.75) is 32.2 Å². The average molecular weight is 297 g/mol. The van der Waals surface area contributed by atoms with Gasteiger partial charge in [0.1, 0.15) is 0 Å². The van der Waals surface area contributed by atoms with Crippen LogP contribution in [-0.2, 0) is 0 Å². The van der Waals surface area contributed by atoms with Crippen molar-refractivity contribution in [1.82, 2.24) is 4.90 Å². The first kappa shape index (κ1) is 15.1. The number of aliphatic hydroxyl groups is 1. The highest BCUT2D eigenvalue weighted by Gasteiger charge is 2.30. The number of aliphatic hydroxyl groups excluding tert-OH is 1. The van der Waals surface area contributed by atoms with Gasteiger partial charge in [0, 0.05) is 29.8 Å². The Balaban J connectivity index is 2.27. The molecule has 1 fully saturated rings. The van der Waals surface area contributed by atoms with E-state index in [1.54, 1.807) is 17.0 Å². The molecule has 0 aromatic heterocycles. The van der Waals surface area contributed by atoms with Gasteiger partial charge in [-0.15, -0.1) is 0 Å². The Morgan fingerprint density at radius 3 is 2.80 bits per heavy atom. The predicted octanol–water partition coefficient (Wildman–Crippen LogP) is 2.76. The van der Waals surface area contributed by atoms with Gasteiger partial charge in [-0.1, -0.05) is 11.6 Å². The summed E-state index contributed by atoms with van der Waals surface area (Å²) in [6, 6.07) is 5.56. The van der Waals surface area contributed by atoms with Crippen LogP contribution in [0.5, 0.6) is 0 Å². The van der Waals surface area contributed by atoms with Crippen molar-refractivity contribution in [1.29, 1.82) is 0 Å². The first-order valence-electron chi connectivity index (χ1n) is 7.12. The molecule has 0 spiro atoms. The third-order valence-corrected chi connectivity index (χ3v) is 3.93. The van der Waals surface area contributed by atoms with Gasteiger partial charge in [-0.2, -0.15) is 0 Å². The molecule has 0 aliphatic heterocycles. The lowest BCUT2D eigenvalue weighted by Gasteiger charge is -2.37. The third kappa shape index (κ3) is 3.25. The van der Waals surface area contributed by atoms with Gasteiger partial charge in [-0.25, -0.2) is 0 Å². The molecule has 1 aliphatic carbocycles. The van der Waals surface area contributed by atoms with Crippen molar-refractivity contribution in [3.63, 3.8) is 0 Å². The molecule has 4 nitrogen and oxygen atoms in total. The molecule has 0 unspecified atom stereocenters. The van der Waals surface area contributed by atoms with Crippen LogP contribution in [0.2, 0.25) is 5.02 Å². The highest BCUT2D eigenvalue weighted by atomic mass is 35.5. The highest BCUT2D eigenvalue weighted by molar-refractivity contribution is 6.31. The first-order valence-corrected chi connectivity index (χ1v) is 7.50. The zero-order valence-electron chi connectivity index (χ0n) is 11.7. The molecule has 0 heterocycles. The molecule has 1 aromatic carbocycles. The fraction of sp³-hybridized carbons (Fsp3) is 0.533. The fourth-order valence-corrected chi connectivity index (χ4v) is 2.62. The van der Waals surface area contributed by atoms with E-state index in [2.05, 4.69) is 5.32 Å². The molecule has 1 saturated carbocycles. The molecule has 1 aliphatic rings. The van der Waals surface area contributed by atoms with E-state index < -0.39 is 0 Å². The summed E-state index contributed by atoms with van der Waals surface area (Å²) in [6.45, 7) is 3.09. The van der Waals surface area contributed by atoms with Crippen LogP contribution < -0.4 is 5.32 Å². The van der Waals surface area contributed by atoms with Crippen LogP contribution in [-0.4, -0.2) is 41.7 Å². The van der Waals surface area contributed by atoms with Gasteiger partial charge < -0.3 is 15.3 Å². The summed E-state index contributed by atoms with van der Waals surface area (Å²) in [6.07, 6.45) is 3.18. The first-order chi connectivity index (χ1) is 9.67. The molecular weight excluding hydrogens is 276 g/mol. The minimum atomic E-state index is -0.0535. The number of nitrogens with one attached hydrogen (secondary N) is 1. The van der Waals surface area contributed by atoms with Crippen molar-refractivity contribution in [3.8, 4) is 0 Å². The van der Waals surface area contributed by atoms with Crippen molar-refractivity contribution in [3.05, 3.63) is 28.8 Å². The van der Waals surface area contributed by atoms with Crippen LogP contribution in [0.4, 0.5) is 5.69 Å². The van der Waals surface area contributed by atoms with E-state index in [4.69, 9.17) is 11.6 Å². The van der Waals surface area contributed by atoms with E-state index in [0.717, 1.165) is 31.5 Å². The number of amides is 1. The zero-order valence-corrected chi connectivity index (χ0v) is 12.5. The second kappa shape index (κ2) is 6.95. The van der Waals surface area contributed by atoms with Gasteiger partial charge in [0.2, 0.25) is 0 Å². The minimum absolute atomic E-state index is 0.0145. The summed E-state index contributed by atoms with van der Waals surface area (Å²) >= 11 is 6.02. The quantitative estimate of drug-likeness (QED) is 0.849. The maximum Gasteiger partial charge on any atom is 0.256 e. The van der Waals surface area contributed by atoms with E-state index in [1.165, 1.54) is 0 Å². The normalized spacial score (nSPS) is 14.8. The maximum atomic E-state index is 12.7. The Morgan fingerprint density at radius 2 is 2.25 bits per heavy atom. The Kier molecular flexibility index (Phi) is 5.26. The Bertz CT molecular complexity index is 475. The van der Waals surface area contributed by atoms with Gasteiger partial charge in [0.25, 0.3) is 5.91 Å². The van der Waals surface area contributed by atoms with Gasteiger partial charge in [-0.05, 0) is 44.4 Å². The minimum Gasteiger partial charge on any atom is -0.395 e. The Labute approximate surface area is 124 Å². The largest absolute Gasteiger partial charge is 0.395 e. The van der Waals surface area contributed by atoms with Gasteiger partial charge in [0.15, 0.2) is 0 Å². The van der Waals surface area contributed by atoms with Crippen molar-refractivity contribution in [2.24, 2.45) is 0 Å². The maximum absolute atomic E-state index is 12.7. The number of benzene rings is 1. The molecule has 0 atom stereocenters. The summed E-state index contributed by atoms with van der Waals surface area (Å²) in [5.74, 6) is -0.0535. The lowest BCUT2D eigenvalue weighted by molar-refractivity contribution is 0.0527. The monoisotopic (exact) mass is 296 g/mol. The standard InChI is InChI=1S/C15H21ClN2O2/c1-2-17-14-7-6-11(16)10-13(14)15(20)18(8-9-19)12-4-3-5-12/h6-7,10,12,17,19H,2-5,8-9H2,1H3. The van der Waals surface area contributed by atoms with Crippen LogP contribution in [0.1, 0.15) is 36.5 Å². The van der Waals surface area contributed by atoms with E-state index in [-0.39, 0.29) is 18.6 Å². The number of rotatable bonds is 6. The van der Waals surface area contributed by atoms with Crippen LogP contribution in [0.15, 0.2) is 18.2 Å². The summed E-state index contributed by atoms with van der Waals surface area (Å²) in [5, 5.41) is 12.9. The number of carbonyl (C=O) groups excluding carboxylic acids is 1.